The first-order valence-corrected chi connectivity index (χ1v) is 7.16. The van der Waals surface area contributed by atoms with E-state index in [2.05, 4.69) is 10.3 Å². The minimum Gasteiger partial charge on any atom is -0.369 e. The molecule has 5 nitrogen and oxygen atoms in total. The molecule has 2 aliphatic rings. The second kappa shape index (κ2) is 5.05. The van der Waals surface area contributed by atoms with Gasteiger partial charge < -0.3 is 11.1 Å². The average molecular weight is 294 g/mol. The van der Waals surface area contributed by atoms with Crippen molar-refractivity contribution in [3.05, 3.63) is 29.0 Å². The highest BCUT2D eigenvalue weighted by molar-refractivity contribution is 6.30. The Morgan fingerprint density at radius 1 is 1.30 bits per heavy atom. The molecule has 3 rings (SSSR count). The van der Waals surface area contributed by atoms with Gasteiger partial charge in [-0.15, -0.1) is 0 Å². The van der Waals surface area contributed by atoms with Crippen molar-refractivity contribution in [2.45, 2.75) is 25.3 Å². The van der Waals surface area contributed by atoms with Gasteiger partial charge in [-0.3, -0.25) is 9.59 Å². The first-order chi connectivity index (χ1) is 9.56. The van der Waals surface area contributed by atoms with Gasteiger partial charge in [0.2, 0.25) is 5.91 Å². The summed E-state index contributed by atoms with van der Waals surface area (Å²) in [6, 6.07) is 3.04. The van der Waals surface area contributed by atoms with Crippen LogP contribution in [0.1, 0.15) is 29.8 Å². The number of carbonyl (C=O) groups excluding carboxylic acids is 2. The predicted molar refractivity (Wildman–Crippen MR) is 74.0 cm³/mol. The van der Waals surface area contributed by atoms with Gasteiger partial charge in [0, 0.05) is 12.2 Å². The maximum atomic E-state index is 12.2. The van der Waals surface area contributed by atoms with Gasteiger partial charge in [0.05, 0.1) is 10.9 Å². The Hall–Kier alpha value is -1.62. The van der Waals surface area contributed by atoms with Crippen LogP contribution in [-0.2, 0) is 4.79 Å². The van der Waals surface area contributed by atoms with Crippen molar-refractivity contribution >= 4 is 23.4 Å². The summed E-state index contributed by atoms with van der Waals surface area (Å²) >= 11 is 5.75. The quantitative estimate of drug-likeness (QED) is 0.882. The molecule has 2 fully saturated rings. The molecule has 1 heterocycles. The molecule has 6 heteroatoms. The van der Waals surface area contributed by atoms with Gasteiger partial charge in [0.15, 0.2) is 0 Å². The van der Waals surface area contributed by atoms with E-state index in [1.54, 1.807) is 12.1 Å². The van der Waals surface area contributed by atoms with E-state index >= 15 is 0 Å². The van der Waals surface area contributed by atoms with Crippen molar-refractivity contribution in [2.24, 2.45) is 23.5 Å². The van der Waals surface area contributed by atoms with Gasteiger partial charge >= 0.3 is 0 Å². The van der Waals surface area contributed by atoms with Gasteiger partial charge in [-0.05, 0) is 43.2 Å². The van der Waals surface area contributed by atoms with Gasteiger partial charge in [-0.25, -0.2) is 4.98 Å². The van der Waals surface area contributed by atoms with Crippen molar-refractivity contribution in [2.75, 3.05) is 0 Å². The van der Waals surface area contributed by atoms with Gasteiger partial charge in [-0.2, -0.15) is 0 Å². The van der Waals surface area contributed by atoms with Crippen molar-refractivity contribution in [1.82, 2.24) is 10.3 Å². The number of hydrogen-bond donors (Lipinski definition) is 2. The van der Waals surface area contributed by atoms with E-state index in [4.69, 9.17) is 17.3 Å². The standard InChI is InChI=1S/C14H16ClN3O2/c15-9-3-4-10(17-6-9)14(20)18-12-8-2-1-7(5-8)11(12)13(16)19/h3-4,6-8,11-12H,1-2,5H2,(H2,16,19)(H,18,20). The minimum atomic E-state index is -0.313. The summed E-state index contributed by atoms with van der Waals surface area (Å²) in [5.74, 6) is -0.156. The lowest BCUT2D eigenvalue weighted by Crippen LogP contribution is -2.48. The monoisotopic (exact) mass is 293 g/mol. The summed E-state index contributed by atoms with van der Waals surface area (Å²) in [4.78, 5) is 27.8. The first kappa shape index (κ1) is 13.4. The largest absolute Gasteiger partial charge is 0.369 e. The molecule has 0 radical (unpaired) electrons. The van der Waals surface area contributed by atoms with E-state index in [0.29, 0.717) is 22.6 Å². The Balaban J connectivity index is 1.75. The lowest BCUT2D eigenvalue weighted by molar-refractivity contribution is -0.124. The number of primary amides is 1. The van der Waals surface area contributed by atoms with Crippen LogP contribution in [0.25, 0.3) is 0 Å². The number of carbonyl (C=O) groups is 2. The highest BCUT2D eigenvalue weighted by Gasteiger charge is 2.50. The number of nitrogens with zero attached hydrogens (tertiary/aromatic N) is 1. The molecule has 2 amide bonds. The van der Waals surface area contributed by atoms with E-state index in [9.17, 15) is 9.59 Å². The zero-order valence-corrected chi connectivity index (χ0v) is 11.6. The van der Waals surface area contributed by atoms with E-state index in [1.807, 2.05) is 0 Å². The molecule has 0 spiro atoms. The molecule has 1 aromatic heterocycles. The summed E-state index contributed by atoms with van der Waals surface area (Å²) in [7, 11) is 0. The lowest BCUT2D eigenvalue weighted by atomic mass is 9.84. The number of fused-ring (bicyclic) bond motifs is 2. The van der Waals surface area contributed by atoms with Crippen LogP contribution in [0.15, 0.2) is 18.3 Å². The molecule has 106 valence electrons. The maximum Gasteiger partial charge on any atom is 0.270 e. The molecule has 0 aliphatic heterocycles. The number of nitrogens with one attached hydrogen (secondary N) is 1. The smallest absolute Gasteiger partial charge is 0.270 e. The molecule has 0 aromatic carbocycles. The molecule has 4 unspecified atom stereocenters. The van der Waals surface area contributed by atoms with Crippen molar-refractivity contribution in [3.8, 4) is 0 Å². The van der Waals surface area contributed by atoms with Crippen molar-refractivity contribution in [3.63, 3.8) is 0 Å². The first-order valence-electron chi connectivity index (χ1n) is 6.78. The molecular weight excluding hydrogens is 278 g/mol. The summed E-state index contributed by atoms with van der Waals surface area (Å²) < 4.78 is 0. The third-order valence-corrected chi connectivity index (χ3v) is 4.73. The zero-order valence-electron chi connectivity index (χ0n) is 10.9. The molecule has 0 saturated heterocycles. The Labute approximate surface area is 121 Å². The fraction of sp³-hybridized carbons (Fsp3) is 0.500. The number of pyridine rings is 1. The summed E-state index contributed by atoms with van der Waals surface area (Å²) in [6.07, 6.45) is 4.49. The van der Waals surface area contributed by atoms with Crippen LogP contribution in [0.2, 0.25) is 5.02 Å². The minimum absolute atomic E-state index is 0.156. The van der Waals surface area contributed by atoms with Gasteiger partial charge in [0.25, 0.3) is 5.91 Å². The molecule has 2 saturated carbocycles. The maximum absolute atomic E-state index is 12.2. The Morgan fingerprint density at radius 3 is 2.70 bits per heavy atom. The molecular formula is C14H16ClN3O2. The van der Waals surface area contributed by atoms with Crippen LogP contribution in [0.4, 0.5) is 0 Å². The van der Waals surface area contributed by atoms with Crippen LogP contribution >= 0.6 is 11.6 Å². The number of amides is 2. The van der Waals surface area contributed by atoms with Crippen LogP contribution < -0.4 is 11.1 Å². The molecule has 2 bridgehead atoms. The highest BCUT2D eigenvalue weighted by atomic mass is 35.5. The molecule has 1 aromatic rings. The number of hydrogen-bond acceptors (Lipinski definition) is 3. The predicted octanol–water partition coefficient (Wildman–Crippen LogP) is 1.36. The molecule has 2 aliphatic carbocycles. The Kier molecular flexibility index (Phi) is 3.38. The zero-order chi connectivity index (χ0) is 14.3. The molecule has 20 heavy (non-hydrogen) atoms. The Bertz CT molecular complexity index is 546. The van der Waals surface area contributed by atoms with Crippen LogP contribution in [-0.4, -0.2) is 22.8 Å². The third kappa shape index (κ3) is 2.26. The topological polar surface area (TPSA) is 85.1 Å². The van der Waals surface area contributed by atoms with Crippen molar-refractivity contribution in [1.29, 1.82) is 0 Å². The summed E-state index contributed by atoms with van der Waals surface area (Å²) in [5, 5.41) is 3.41. The average Bonchev–Trinajstić information content (AvgIpc) is 3.00. The Morgan fingerprint density at radius 2 is 2.05 bits per heavy atom. The van der Waals surface area contributed by atoms with Crippen LogP contribution in [0.5, 0.6) is 0 Å². The van der Waals surface area contributed by atoms with E-state index in [0.717, 1.165) is 19.3 Å². The van der Waals surface area contributed by atoms with Gasteiger partial charge in [-0.1, -0.05) is 11.6 Å². The van der Waals surface area contributed by atoms with Crippen LogP contribution in [0, 0.1) is 17.8 Å². The highest BCUT2D eigenvalue weighted by Crippen LogP contribution is 2.48. The lowest BCUT2D eigenvalue weighted by Gasteiger charge is -2.29. The number of aromatic nitrogens is 1. The van der Waals surface area contributed by atoms with Crippen molar-refractivity contribution < 1.29 is 9.59 Å². The molecule has 4 atom stereocenters. The number of rotatable bonds is 3. The number of nitrogens with two attached hydrogens (primary N) is 1. The second-order valence-electron chi connectivity index (χ2n) is 5.62. The van der Waals surface area contributed by atoms with E-state index < -0.39 is 0 Å². The van der Waals surface area contributed by atoms with E-state index in [-0.39, 0.29) is 23.8 Å². The fourth-order valence-corrected chi connectivity index (χ4v) is 3.76. The fourth-order valence-electron chi connectivity index (χ4n) is 3.64. The number of halogens is 1. The SMILES string of the molecule is NC(=O)C1C2CCC(C2)C1NC(=O)c1ccc(Cl)cn1. The van der Waals surface area contributed by atoms with Crippen LogP contribution in [0.3, 0.4) is 0 Å². The van der Waals surface area contributed by atoms with E-state index in [1.165, 1.54) is 6.20 Å². The third-order valence-electron chi connectivity index (χ3n) is 4.50. The van der Waals surface area contributed by atoms with Gasteiger partial charge in [0.1, 0.15) is 5.69 Å². The summed E-state index contributed by atoms with van der Waals surface area (Å²) in [5.41, 5.74) is 5.79. The normalized spacial score (nSPS) is 31.2. The second-order valence-corrected chi connectivity index (χ2v) is 6.06. The molecule has 3 N–H and O–H groups in total. The summed E-state index contributed by atoms with van der Waals surface area (Å²) in [6.45, 7) is 0.